The van der Waals surface area contributed by atoms with Gasteiger partial charge in [-0.15, -0.1) is 0 Å². The summed E-state index contributed by atoms with van der Waals surface area (Å²) in [6.07, 6.45) is 0. The van der Waals surface area contributed by atoms with Gasteiger partial charge < -0.3 is 20.1 Å². The van der Waals surface area contributed by atoms with Crippen LogP contribution in [0.5, 0.6) is 11.5 Å². The van der Waals surface area contributed by atoms with Crippen LogP contribution in [0.3, 0.4) is 0 Å². The van der Waals surface area contributed by atoms with Gasteiger partial charge in [0.2, 0.25) is 5.95 Å². The predicted octanol–water partition coefficient (Wildman–Crippen LogP) is 4.17. The Morgan fingerprint density at radius 3 is 2.41 bits per heavy atom. The fourth-order valence-electron chi connectivity index (χ4n) is 3.01. The van der Waals surface area contributed by atoms with E-state index in [1.807, 2.05) is 57.2 Å². The average Bonchev–Trinajstić information content (AvgIpc) is 2.70. The number of hydrogen-bond donors (Lipinski definition) is 2. The Morgan fingerprint density at radius 1 is 0.862 bits per heavy atom. The number of rotatable bonds is 4. The Balaban J connectivity index is 1.54. The van der Waals surface area contributed by atoms with Crippen LogP contribution in [-0.4, -0.2) is 29.1 Å². The highest BCUT2D eigenvalue weighted by molar-refractivity contribution is 6.03. The molecule has 0 saturated carbocycles. The molecule has 0 unspecified atom stereocenters. The molecule has 0 fully saturated rings. The van der Waals surface area contributed by atoms with Crippen molar-refractivity contribution in [1.29, 1.82) is 0 Å². The first-order valence-electron chi connectivity index (χ1n) is 9.39. The van der Waals surface area contributed by atoms with Crippen molar-refractivity contribution in [3.63, 3.8) is 0 Å². The number of amides is 1. The molecule has 1 aliphatic rings. The fraction of sp³-hybridized carbons (Fsp3) is 0.227. The normalized spacial score (nSPS) is 12.4. The molecule has 2 aromatic carbocycles. The highest BCUT2D eigenvalue weighted by Gasteiger charge is 2.14. The molecule has 0 atom stereocenters. The van der Waals surface area contributed by atoms with Gasteiger partial charge >= 0.3 is 0 Å². The minimum Gasteiger partial charge on any atom is -0.486 e. The minimum atomic E-state index is -0.288. The summed E-state index contributed by atoms with van der Waals surface area (Å²) in [5.41, 5.74) is 4.74. The fourth-order valence-corrected chi connectivity index (χ4v) is 3.01. The van der Waals surface area contributed by atoms with E-state index in [0.29, 0.717) is 36.4 Å². The number of hydrogen-bond acceptors (Lipinski definition) is 6. The second-order valence-electron chi connectivity index (χ2n) is 6.95. The predicted molar refractivity (Wildman–Crippen MR) is 111 cm³/mol. The van der Waals surface area contributed by atoms with Gasteiger partial charge in [-0.25, -0.2) is 9.97 Å². The third-order valence-electron chi connectivity index (χ3n) is 4.65. The van der Waals surface area contributed by atoms with Crippen molar-refractivity contribution in [2.45, 2.75) is 20.8 Å². The topological polar surface area (TPSA) is 85.4 Å². The molecule has 1 aromatic heterocycles. The van der Waals surface area contributed by atoms with Crippen LogP contribution >= 0.6 is 0 Å². The second kappa shape index (κ2) is 7.79. The van der Waals surface area contributed by atoms with Gasteiger partial charge in [0.05, 0.1) is 0 Å². The number of fused-ring (bicyclic) bond motifs is 1. The van der Waals surface area contributed by atoms with Gasteiger partial charge in [0.1, 0.15) is 18.9 Å². The van der Waals surface area contributed by atoms with E-state index in [-0.39, 0.29) is 11.6 Å². The highest BCUT2D eigenvalue weighted by Crippen LogP contribution is 2.33. The molecule has 3 aromatic rings. The Morgan fingerprint density at radius 2 is 1.62 bits per heavy atom. The van der Waals surface area contributed by atoms with Crippen LogP contribution in [-0.2, 0) is 0 Å². The van der Waals surface area contributed by atoms with Gasteiger partial charge in [-0.1, -0.05) is 6.07 Å². The SMILES string of the molecule is Cc1cc(C(=O)Nc2ccc(C)c(C)c2)nc(Nc2ccc3c(c2)OCCO3)n1. The maximum Gasteiger partial charge on any atom is 0.274 e. The van der Waals surface area contributed by atoms with E-state index in [9.17, 15) is 4.79 Å². The summed E-state index contributed by atoms with van der Waals surface area (Å²) in [5.74, 6) is 1.43. The van der Waals surface area contributed by atoms with Gasteiger partial charge in [-0.2, -0.15) is 0 Å². The van der Waals surface area contributed by atoms with E-state index in [2.05, 4.69) is 20.6 Å². The van der Waals surface area contributed by atoms with E-state index in [0.717, 1.165) is 16.9 Å². The summed E-state index contributed by atoms with van der Waals surface area (Å²) in [7, 11) is 0. The van der Waals surface area contributed by atoms with E-state index in [1.54, 1.807) is 6.07 Å². The van der Waals surface area contributed by atoms with E-state index >= 15 is 0 Å². The zero-order valence-electron chi connectivity index (χ0n) is 16.6. The van der Waals surface area contributed by atoms with Crippen molar-refractivity contribution >= 4 is 23.2 Å². The maximum atomic E-state index is 12.7. The van der Waals surface area contributed by atoms with Crippen molar-refractivity contribution in [2.24, 2.45) is 0 Å². The molecule has 148 valence electrons. The largest absolute Gasteiger partial charge is 0.486 e. The van der Waals surface area contributed by atoms with Crippen LogP contribution < -0.4 is 20.1 Å². The van der Waals surface area contributed by atoms with Crippen LogP contribution in [0.4, 0.5) is 17.3 Å². The first-order chi connectivity index (χ1) is 14.0. The first-order valence-corrected chi connectivity index (χ1v) is 9.39. The van der Waals surface area contributed by atoms with Crippen LogP contribution in [0, 0.1) is 20.8 Å². The molecule has 1 amide bonds. The van der Waals surface area contributed by atoms with Gasteiger partial charge in [0, 0.05) is 23.1 Å². The number of carbonyl (C=O) groups excluding carboxylic acids is 1. The zero-order chi connectivity index (χ0) is 20.4. The molecule has 7 nitrogen and oxygen atoms in total. The van der Waals surface area contributed by atoms with Crippen molar-refractivity contribution in [2.75, 3.05) is 23.8 Å². The third kappa shape index (κ3) is 4.29. The number of aryl methyl sites for hydroxylation is 3. The van der Waals surface area contributed by atoms with Gasteiger partial charge in [-0.3, -0.25) is 4.79 Å². The highest BCUT2D eigenvalue weighted by atomic mass is 16.6. The van der Waals surface area contributed by atoms with E-state index < -0.39 is 0 Å². The lowest BCUT2D eigenvalue weighted by Gasteiger charge is -2.19. The molecular weight excluding hydrogens is 368 g/mol. The van der Waals surface area contributed by atoms with E-state index in [1.165, 1.54) is 5.56 Å². The minimum absolute atomic E-state index is 0.288. The molecule has 0 radical (unpaired) electrons. The summed E-state index contributed by atoms with van der Waals surface area (Å²) < 4.78 is 11.1. The Kier molecular flexibility index (Phi) is 5.03. The summed E-state index contributed by atoms with van der Waals surface area (Å²) in [4.78, 5) is 21.4. The summed E-state index contributed by atoms with van der Waals surface area (Å²) in [6.45, 7) is 6.92. The van der Waals surface area contributed by atoms with Crippen molar-refractivity contribution in [3.05, 3.63) is 65.0 Å². The maximum absolute atomic E-state index is 12.7. The Hall–Kier alpha value is -3.61. The zero-order valence-corrected chi connectivity index (χ0v) is 16.6. The molecule has 0 saturated heterocycles. The average molecular weight is 390 g/mol. The van der Waals surface area contributed by atoms with Gasteiger partial charge in [0.25, 0.3) is 5.91 Å². The lowest BCUT2D eigenvalue weighted by molar-refractivity contribution is 0.102. The van der Waals surface area contributed by atoms with Crippen LogP contribution in [0.1, 0.15) is 27.3 Å². The van der Waals surface area contributed by atoms with E-state index in [4.69, 9.17) is 9.47 Å². The smallest absolute Gasteiger partial charge is 0.274 e. The monoisotopic (exact) mass is 390 g/mol. The molecular formula is C22H22N4O3. The van der Waals surface area contributed by atoms with Crippen molar-refractivity contribution in [3.8, 4) is 11.5 Å². The number of ether oxygens (including phenoxy) is 2. The molecule has 0 aliphatic carbocycles. The van der Waals surface area contributed by atoms with Gasteiger partial charge in [-0.05, 0) is 62.2 Å². The molecule has 0 bridgehead atoms. The number of aromatic nitrogens is 2. The molecule has 2 N–H and O–H groups in total. The van der Waals surface area contributed by atoms with Crippen molar-refractivity contribution < 1.29 is 14.3 Å². The molecule has 1 aliphatic heterocycles. The lowest BCUT2D eigenvalue weighted by Crippen LogP contribution is -2.16. The van der Waals surface area contributed by atoms with Crippen LogP contribution in [0.15, 0.2) is 42.5 Å². The lowest BCUT2D eigenvalue weighted by atomic mass is 10.1. The second-order valence-corrected chi connectivity index (χ2v) is 6.95. The molecule has 0 spiro atoms. The van der Waals surface area contributed by atoms with Gasteiger partial charge in [0.15, 0.2) is 11.5 Å². The molecule has 7 heteroatoms. The van der Waals surface area contributed by atoms with Crippen molar-refractivity contribution in [1.82, 2.24) is 9.97 Å². The number of nitrogens with one attached hydrogen (secondary N) is 2. The first kappa shape index (κ1) is 18.7. The summed E-state index contributed by atoms with van der Waals surface area (Å²) >= 11 is 0. The Bertz CT molecular complexity index is 1080. The standard InChI is InChI=1S/C22H22N4O3/c1-13-4-5-16(10-14(13)2)24-21(27)18-11-15(3)23-22(26-18)25-17-6-7-19-20(12-17)29-9-8-28-19/h4-7,10-12H,8-9H2,1-3H3,(H,24,27)(H,23,25,26). The number of benzene rings is 2. The van der Waals surface area contributed by atoms with Crippen LogP contribution in [0.25, 0.3) is 0 Å². The summed E-state index contributed by atoms with van der Waals surface area (Å²) in [6, 6.07) is 13.0. The number of carbonyl (C=O) groups is 1. The Labute approximate surface area is 169 Å². The molecule has 29 heavy (non-hydrogen) atoms. The number of anilines is 3. The third-order valence-corrected chi connectivity index (χ3v) is 4.65. The molecule has 2 heterocycles. The molecule has 4 rings (SSSR count). The van der Waals surface area contributed by atoms with Crippen LogP contribution in [0.2, 0.25) is 0 Å². The quantitative estimate of drug-likeness (QED) is 0.695. The summed E-state index contributed by atoms with van der Waals surface area (Å²) in [5, 5.41) is 6.02. The number of nitrogens with zero attached hydrogens (tertiary/aromatic N) is 2.